The molecule has 0 unspecified atom stereocenters. The Bertz CT molecular complexity index is 834. The van der Waals surface area contributed by atoms with E-state index in [9.17, 15) is 4.79 Å². The predicted molar refractivity (Wildman–Crippen MR) is 111 cm³/mol. The van der Waals surface area contributed by atoms with Gasteiger partial charge in [-0.2, -0.15) is 0 Å². The third kappa shape index (κ3) is 5.27. The summed E-state index contributed by atoms with van der Waals surface area (Å²) in [6.45, 7) is 2.69. The monoisotopic (exact) mass is 390 g/mol. The number of hydrogen-bond donors (Lipinski definition) is 1. The number of furan rings is 1. The van der Waals surface area contributed by atoms with Gasteiger partial charge in [-0.1, -0.05) is 60.7 Å². The number of amides is 1. The Kier molecular flexibility index (Phi) is 6.27. The molecule has 5 nitrogen and oxygen atoms in total. The van der Waals surface area contributed by atoms with Gasteiger partial charge in [0.25, 0.3) is 0 Å². The first-order valence-corrected chi connectivity index (χ1v) is 10.1. The van der Waals surface area contributed by atoms with Crippen LogP contribution in [0.15, 0.2) is 83.7 Å². The Hall–Kier alpha value is -3.05. The summed E-state index contributed by atoms with van der Waals surface area (Å²) in [4.78, 5) is 15.0. The summed E-state index contributed by atoms with van der Waals surface area (Å²) in [6.07, 6.45) is 4.74. The molecule has 1 N–H and O–H groups in total. The zero-order valence-corrected chi connectivity index (χ0v) is 16.4. The number of carbonyl (C=O) groups is 1. The molecule has 2 aromatic carbocycles. The minimum Gasteiger partial charge on any atom is -0.472 e. The lowest BCUT2D eigenvalue weighted by Crippen LogP contribution is -2.40. The smallest absolute Gasteiger partial charge is 0.408 e. The number of likely N-dealkylation sites (tertiary alicyclic amines) is 1. The van der Waals surface area contributed by atoms with Gasteiger partial charge in [-0.3, -0.25) is 4.90 Å². The standard InChI is InChI=1S/C24H26N2O3/c27-24(29-22-11-14-26(15-12-22)17-19-13-16-28-18-19)25-23(20-7-3-1-4-8-20)21-9-5-2-6-10-21/h1-10,13,16,18,22-23H,11-12,14-15,17H2,(H,25,27). The number of alkyl carbamates (subject to hydrolysis) is 1. The molecule has 1 aromatic heterocycles. The molecule has 1 aliphatic heterocycles. The summed E-state index contributed by atoms with van der Waals surface area (Å²) in [5.74, 6) is 0. The van der Waals surface area contributed by atoms with Crippen molar-refractivity contribution in [3.63, 3.8) is 0 Å². The highest BCUT2D eigenvalue weighted by atomic mass is 16.6. The Morgan fingerprint density at radius 3 is 2.17 bits per heavy atom. The first-order chi connectivity index (χ1) is 14.3. The van der Waals surface area contributed by atoms with Crippen LogP contribution in [-0.2, 0) is 11.3 Å². The molecule has 1 aliphatic rings. The summed E-state index contributed by atoms with van der Waals surface area (Å²) in [7, 11) is 0. The third-order valence-corrected chi connectivity index (χ3v) is 5.32. The lowest BCUT2D eigenvalue weighted by Gasteiger charge is -2.31. The molecular formula is C24H26N2O3. The zero-order valence-electron chi connectivity index (χ0n) is 16.4. The van der Waals surface area contributed by atoms with Gasteiger partial charge in [0.1, 0.15) is 6.10 Å². The number of carbonyl (C=O) groups excluding carboxylic acids is 1. The molecule has 0 radical (unpaired) electrons. The van der Waals surface area contributed by atoms with Gasteiger partial charge in [0.05, 0.1) is 18.6 Å². The number of nitrogens with one attached hydrogen (secondary N) is 1. The Labute approximate surface area is 171 Å². The van der Waals surface area contributed by atoms with E-state index < -0.39 is 0 Å². The molecule has 1 fully saturated rings. The van der Waals surface area contributed by atoms with Crippen molar-refractivity contribution in [2.24, 2.45) is 0 Å². The van der Waals surface area contributed by atoms with E-state index in [4.69, 9.17) is 9.15 Å². The summed E-state index contributed by atoms with van der Waals surface area (Å²) in [5, 5.41) is 3.06. The van der Waals surface area contributed by atoms with E-state index in [-0.39, 0.29) is 18.2 Å². The molecule has 2 heterocycles. The van der Waals surface area contributed by atoms with E-state index in [1.54, 1.807) is 12.5 Å². The molecular weight excluding hydrogens is 364 g/mol. The molecule has 0 aliphatic carbocycles. The summed E-state index contributed by atoms with van der Waals surface area (Å²) in [6, 6.07) is 21.7. The van der Waals surface area contributed by atoms with Crippen LogP contribution in [0.2, 0.25) is 0 Å². The molecule has 3 aromatic rings. The highest BCUT2D eigenvalue weighted by molar-refractivity contribution is 5.69. The second kappa shape index (κ2) is 9.43. The number of piperidine rings is 1. The third-order valence-electron chi connectivity index (χ3n) is 5.32. The number of benzene rings is 2. The van der Waals surface area contributed by atoms with Crippen LogP contribution in [0, 0.1) is 0 Å². The minimum atomic E-state index is -0.365. The van der Waals surface area contributed by atoms with Crippen molar-refractivity contribution < 1.29 is 13.9 Å². The number of hydrogen-bond acceptors (Lipinski definition) is 4. The van der Waals surface area contributed by atoms with Crippen molar-refractivity contribution >= 4 is 6.09 Å². The fraction of sp³-hybridized carbons (Fsp3) is 0.292. The fourth-order valence-electron chi connectivity index (χ4n) is 3.78. The van der Waals surface area contributed by atoms with Crippen molar-refractivity contribution in [3.8, 4) is 0 Å². The average molecular weight is 390 g/mol. The number of rotatable bonds is 6. The quantitative estimate of drug-likeness (QED) is 0.659. The normalized spacial score (nSPS) is 15.3. The lowest BCUT2D eigenvalue weighted by atomic mass is 9.99. The van der Waals surface area contributed by atoms with Crippen LogP contribution in [0.4, 0.5) is 4.79 Å². The first-order valence-electron chi connectivity index (χ1n) is 10.1. The average Bonchev–Trinajstić information content (AvgIpc) is 3.28. The SMILES string of the molecule is O=C(NC(c1ccccc1)c1ccccc1)OC1CCN(Cc2ccoc2)CC1. The molecule has 150 valence electrons. The van der Waals surface area contributed by atoms with Gasteiger partial charge >= 0.3 is 6.09 Å². The van der Waals surface area contributed by atoms with Crippen LogP contribution in [0.1, 0.15) is 35.6 Å². The maximum absolute atomic E-state index is 12.6. The largest absolute Gasteiger partial charge is 0.472 e. The molecule has 4 rings (SSSR count). The molecule has 0 bridgehead atoms. The van der Waals surface area contributed by atoms with E-state index in [1.165, 1.54) is 5.56 Å². The van der Waals surface area contributed by atoms with Gasteiger partial charge in [-0.25, -0.2) is 4.79 Å². The van der Waals surface area contributed by atoms with E-state index >= 15 is 0 Å². The summed E-state index contributed by atoms with van der Waals surface area (Å²) < 4.78 is 10.9. The highest BCUT2D eigenvalue weighted by Crippen LogP contribution is 2.23. The molecule has 29 heavy (non-hydrogen) atoms. The minimum absolute atomic E-state index is 0.0530. The van der Waals surface area contributed by atoms with Gasteiger partial charge in [0, 0.05) is 25.2 Å². The molecule has 0 spiro atoms. The van der Waals surface area contributed by atoms with E-state index in [2.05, 4.69) is 10.2 Å². The van der Waals surface area contributed by atoms with Crippen molar-refractivity contribution in [2.45, 2.75) is 31.5 Å². The molecule has 0 saturated carbocycles. The van der Waals surface area contributed by atoms with Gasteiger partial charge in [0.15, 0.2) is 0 Å². The Morgan fingerprint density at radius 2 is 1.62 bits per heavy atom. The molecule has 5 heteroatoms. The summed E-state index contributed by atoms with van der Waals surface area (Å²) >= 11 is 0. The van der Waals surface area contributed by atoms with Gasteiger partial charge < -0.3 is 14.5 Å². The topological polar surface area (TPSA) is 54.7 Å². The Morgan fingerprint density at radius 1 is 1.00 bits per heavy atom. The van der Waals surface area contributed by atoms with Crippen LogP contribution in [0.25, 0.3) is 0 Å². The van der Waals surface area contributed by atoms with Crippen molar-refractivity contribution in [1.29, 1.82) is 0 Å². The van der Waals surface area contributed by atoms with Crippen LogP contribution in [0.3, 0.4) is 0 Å². The maximum Gasteiger partial charge on any atom is 0.408 e. The van der Waals surface area contributed by atoms with E-state index in [0.717, 1.165) is 43.6 Å². The zero-order chi connectivity index (χ0) is 19.9. The highest BCUT2D eigenvalue weighted by Gasteiger charge is 2.24. The maximum atomic E-state index is 12.6. The predicted octanol–water partition coefficient (Wildman–Crippen LogP) is 4.76. The van der Waals surface area contributed by atoms with Crippen LogP contribution in [-0.4, -0.2) is 30.2 Å². The van der Waals surface area contributed by atoms with Crippen LogP contribution < -0.4 is 5.32 Å². The number of nitrogens with zero attached hydrogens (tertiary/aromatic N) is 1. The first kappa shape index (κ1) is 19.3. The second-order valence-corrected chi connectivity index (χ2v) is 7.41. The van der Waals surface area contributed by atoms with Crippen LogP contribution >= 0.6 is 0 Å². The van der Waals surface area contributed by atoms with Crippen molar-refractivity contribution in [3.05, 3.63) is 95.9 Å². The van der Waals surface area contributed by atoms with Crippen molar-refractivity contribution in [1.82, 2.24) is 10.2 Å². The van der Waals surface area contributed by atoms with Gasteiger partial charge in [0.2, 0.25) is 0 Å². The number of ether oxygens (including phenoxy) is 1. The molecule has 0 atom stereocenters. The summed E-state index contributed by atoms with van der Waals surface area (Å²) in [5.41, 5.74) is 3.24. The molecule has 1 saturated heterocycles. The van der Waals surface area contributed by atoms with Crippen molar-refractivity contribution in [2.75, 3.05) is 13.1 Å². The lowest BCUT2D eigenvalue weighted by molar-refractivity contribution is 0.0476. The van der Waals surface area contributed by atoms with Gasteiger partial charge in [-0.15, -0.1) is 0 Å². The molecule has 1 amide bonds. The Balaban J connectivity index is 1.33. The fourth-order valence-corrected chi connectivity index (χ4v) is 3.78. The van der Waals surface area contributed by atoms with Gasteiger partial charge in [-0.05, 0) is 30.0 Å². The van der Waals surface area contributed by atoms with E-state index in [1.807, 2.05) is 66.7 Å². The van der Waals surface area contributed by atoms with E-state index in [0.29, 0.717) is 0 Å². The van der Waals surface area contributed by atoms with Crippen LogP contribution in [0.5, 0.6) is 0 Å². The second-order valence-electron chi connectivity index (χ2n) is 7.41.